The quantitative estimate of drug-likeness (QED) is 0.862. The van der Waals surface area contributed by atoms with Gasteiger partial charge < -0.3 is 9.84 Å². The minimum Gasteiger partial charge on any atom is -0.507 e. The molecule has 0 amide bonds. The highest BCUT2D eigenvalue weighted by molar-refractivity contribution is 5.80. The average Bonchev–Trinajstić information content (AvgIpc) is 2.73. The second-order valence-corrected chi connectivity index (χ2v) is 5.50. The van der Waals surface area contributed by atoms with Gasteiger partial charge in [-0.3, -0.25) is 0 Å². The third kappa shape index (κ3) is 2.54. The van der Waals surface area contributed by atoms with Crippen molar-refractivity contribution in [3.8, 4) is 22.6 Å². The van der Waals surface area contributed by atoms with Crippen molar-refractivity contribution in [2.75, 3.05) is 7.11 Å². The van der Waals surface area contributed by atoms with Crippen molar-refractivity contribution in [3.63, 3.8) is 0 Å². The molecule has 2 heteroatoms. The van der Waals surface area contributed by atoms with Gasteiger partial charge in [0.1, 0.15) is 11.5 Å². The summed E-state index contributed by atoms with van der Waals surface area (Å²) >= 11 is 0. The van der Waals surface area contributed by atoms with Gasteiger partial charge in [-0.25, -0.2) is 0 Å². The fraction of sp³-hybridized carbons (Fsp3) is 0.263. The van der Waals surface area contributed by atoms with Crippen LogP contribution in [0.3, 0.4) is 0 Å². The highest BCUT2D eigenvalue weighted by Crippen LogP contribution is 2.39. The van der Waals surface area contributed by atoms with Gasteiger partial charge in [0, 0.05) is 5.56 Å². The zero-order chi connectivity index (χ0) is 14.8. The van der Waals surface area contributed by atoms with Crippen LogP contribution in [0.25, 0.3) is 17.2 Å². The van der Waals surface area contributed by atoms with Crippen LogP contribution in [0.1, 0.15) is 29.5 Å². The third-order valence-corrected chi connectivity index (χ3v) is 4.13. The number of phenols is 1. The Labute approximate surface area is 125 Å². The Morgan fingerprint density at radius 2 is 2.00 bits per heavy atom. The SMILES string of the molecule is COc1ccc(-c2c(O)ccc3c2CCCC=C3)c(C)c1. The topological polar surface area (TPSA) is 29.5 Å². The van der Waals surface area contributed by atoms with Crippen LogP contribution in [0.5, 0.6) is 11.5 Å². The van der Waals surface area contributed by atoms with Crippen LogP contribution >= 0.6 is 0 Å². The van der Waals surface area contributed by atoms with Gasteiger partial charge in [-0.05, 0) is 66.6 Å². The Balaban J connectivity index is 2.21. The van der Waals surface area contributed by atoms with Crippen molar-refractivity contribution in [1.29, 1.82) is 0 Å². The first-order valence-corrected chi connectivity index (χ1v) is 7.37. The van der Waals surface area contributed by atoms with E-state index in [4.69, 9.17) is 4.74 Å². The number of hydrogen-bond donors (Lipinski definition) is 1. The van der Waals surface area contributed by atoms with E-state index in [1.807, 2.05) is 24.3 Å². The Morgan fingerprint density at radius 1 is 1.14 bits per heavy atom. The maximum absolute atomic E-state index is 10.4. The molecule has 21 heavy (non-hydrogen) atoms. The second-order valence-electron chi connectivity index (χ2n) is 5.50. The lowest BCUT2D eigenvalue weighted by Crippen LogP contribution is -1.96. The standard InChI is InChI=1S/C19H20O2/c1-13-12-15(21-2)9-10-16(13)19-17-7-5-3-4-6-14(17)8-11-18(19)20/h4,6,8-12,20H,3,5,7H2,1-2H3. The van der Waals surface area contributed by atoms with E-state index in [1.54, 1.807) is 13.2 Å². The van der Waals surface area contributed by atoms with Crippen molar-refractivity contribution >= 4 is 6.08 Å². The summed E-state index contributed by atoms with van der Waals surface area (Å²) < 4.78 is 5.28. The molecule has 0 aromatic heterocycles. The lowest BCUT2D eigenvalue weighted by atomic mass is 9.90. The average molecular weight is 280 g/mol. The molecule has 0 saturated carbocycles. The van der Waals surface area contributed by atoms with E-state index < -0.39 is 0 Å². The highest BCUT2D eigenvalue weighted by Gasteiger charge is 2.16. The minimum atomic E-state index is 0.359. The van der Waals surface area contributed by atoms with Gasteiger partial charge >= 0.3 is 0 Å². The molecule has 0 atom stereocenters. The van der Waals surface area contributed by atoms with Gasteiger partial charge in [-0.2, -0.15) is 0 Å². The Hall–Kier alpha value is -2.22. The number of hydrogen-bond acceptors (Lipinski definition) is 2. The van der Waals surface area contributed by atoms with Gasteiger partial charge in [0.2, 0.25) is 0 Å². The molecule has 1 aliphatic carbocycles. The molecule has 2 nitrogen and oxygen atoms in total. The van der Waals surface area contributed by atoms with E-state index in [1.165, 1.54) is 11.1 Å². The van der Waals surface area contributed by atoms with E-state index in [0.29, 0.717) is 5.75 Å². The summed E-state index contributed by atoms with van der Waals surface area (Å²) in [6.07, 6.45) is 7.60. The van der Waals surface area contributed by atoms with Crippen LogP contribution in [0.4, 0.5) is 0 Å². The summed E-state index contributed by atoms with van der Waals surface area (Å²) in [4.78, 5) is 0. The number of methoxy groups -OCH3 is 1. The van der Waals surface area contributed by atoms with E-state index in [2.05, 4.69) is 19.1 Å². The molecule has 0 spiro atoms. The minimum absolute atomic E-state index is 0.359. The largest absolute Gasteiger partial charge is 0.507 e. The number of ether oxygens (including phenoxy) is 1. The fourth-order valence-corrected chi connectivity index (χ4v) is 3.03. The molecule has 2 aromatic rings. The zero-order valence-electron chi connectivity index (χ0n) is 12.5. The summed E-state index contributed by atoms with van der Waals surface area (Å²) in [5.74, 6) is 1.20. The van der Waals surface area contributed by atoms with Crippen molar-refractivity contribution in [3.05, 3.63) is 53.1 Å². The summed E-state index contributed by atoms with van der Waals surface area (Å²) in [5, 5.41) is 10.4. The lowest BCUT2D eigenvalue weighted by Gasteiger charge is -2.16. The van der Waals surface area contributed by atoms with Crippen LogP contribution in [-0.2, 0) is 6.42 Å². The zero-order valence-corrected chi connectivity index (χ0v) is 12.5. The number of allylic oxidation sites excluding steroid dienone is 1. The van der Waals surface area contributed by atoms with Gasteiger partial charge in [0.05, 0.1) is 7.11 Å². The summed E-state index contributed by atoms with van der Waals surface area (Å²) in [7, 11) is 1.67. The first-order chi connectivity index (χ1) is 10.2. The number of fused-ring (bicyclic) bond motifs is 1. The predicted molar refractivity (Wildman–Crippen MR) is 86.8 cm³/mol. The Morgan fingerprint density at radius 3 is 2.76 bits per heavy atom. The molecule has 108 valence electrons. The monoisotopic (exact) mass is 280 g/mol. The van der Waals surface area contributed by atoms with E-state index in [0.717, 1.165) is 41.7 Å². The van der Waals surface area contributed by atoms with Gasteiger partial charge in [-0.15, -0.1) is 0 Å². The van der Waals surface area contributed by atoms with Crippen LogP contribution < -0.4 is 4.74 Å². The predicted octanol–water partition coefficient (Wildman–Crippen LogP) is 4.73. The van der Waals surface area contributed by atoms with E-state index in [9.17, 15) is 5.11 Å². The molecule has 0 saturated heterocycles. The van der Waals surface area contributed by atoms with Crippen LogP contribution in [0.2, 0.25) is 0 Å². The molecule has 0 bridgehead atoms. The van der Waals surface area contributed by atoms with Gasteiger partial charge in [0.15, 0.2) is 0 Å². The normalized spacial score (nSPS) is 13.6. The molecule has 0 fully saturated rings. The van der Waals surface area contributed by atoms with Crippen LogP contribution in [0.15, 0.2) is 36.4 Å². The first-order valence-electron chi connectivity index (χ1n) is 7.37. The third-order valence-electron chi connectivity index (χ3n) is 4.13. The molecule has 0 heterocycles. The summed E-state index contributed by atoms with van der Waals surface area (Å²) in [6.45, 7) is 2.06. The molecule has 0 aliphatic heterocycles. The number of phenolic OH excluding ortho intramolecular Hbond substituents is 1. The number of aromatic hydroxyl groups is 1. The van der Waals surface area contributed by atoms with Crippen molar-refractivity contribution in [2.45, 2.75) is 26.2 Å². The molecule has 1 aliphatic rings. The summed E-state index contributed by atoms with van der Waals surface area (Å²) in [6, 6.07) is 9.81. The smallest absolute Gasteiger partial charge is 0.123 e. The molecule has 2 aromatic carbocycles. The molecule has 3 rings (SSSR count). The van der Waals surface area contributed by atoms with Gasteiger partial charge in [0.25, 0.3) is 0 Å². The molecular formula is C19H20O2. The molecule has 1 N–H and O–H groups in total. The van der Waals surface area contributed by atoms with Crippen molar-refractivity contribution < 1.29 is 9.84 Å². The second kappa shape index (κ2) is 5.65. The molecular weight excluding hydrogens is 260 g/mol. The van der Waals surface area contributed by atoms with Crippen LogP contribution in [-0.4, -0.2) is 12.2 Å². The number of aryl methyl sites for hydroxylation is 1. The maximum Gasteiger partial charge on any atom is 0.123 e. The Bertz CT molecular complexity index is 699. The highest BCUT2D eigenvalue weighted by atomic mass is 16.5. The van der Waals surface area contributed by atoms with Crippen LogP contribution in [0, 0.1) is 6.92 Å². The Kier molecular flexibility index (Phi) is 3.70. The van der Waals surface area contributed by atoms with Crippen molar-refractivity contribution in [2.24, 2.45) is 0 Å². The van der Waals surface area contributed by atoms with Crippen molar-refractivity contribution in [1.82, 2.24) is 0 Å². The fourth-order valence-electron chi connectivity index (χ4n) is 3.03. The number of rotatable bonds is 2. The lowest BCUT2D eigenvalue weighted by molar-refractivity contribution is 0.414. The number of benzene rings is 2. The molecule has 0 radical (unpaired) electrons. The van der Waals surface area contributed by atoms with Gasteiger partial charge in [-0.1, -0.05) is 24.3 Å². The first kappa shape index (κ1) is 13.7. The summed E-state index contributed by atoms with van der Waals surface area (Å²) in [5.41, 5.74) is 5.64. The molecule has 0 unspecified atom stereocenters. The maximum atomic E-state index is 10.4. The van der Waals surface area contributed by atoms with E-state index in [-0.39, 0.29) is 0 Å². The van der Waals surface area contributed by atoms with E-state index >= 15 is 0 Å².